The predicted molar refractivity (Wildman–Crippen MR) is 86.1 cm³/mol. The van der Waals surface area contributed by atoms with E-state index in [0.717, 1.165) is 25.1 Å². The quantitative estimate of drug-likeness (QED) is 0.731. The number of aliphatic hydroxyl groups excluding tert-OH is 1. The summed E-state index contributed by atoms with van der Waals surface area (Å²) in [6.07, 6.45) is 2.11. The highest BCUT2D eigenvalue weighted by atomic mass is 32.2. The van der Waals surface area contributed by atoms with Gasteiger partial charge in [0.05, 0.1) is 11.5 Å². The number of hydrogen-bond donors (Lipinski definition) is 2. The smallest absolute Gasteiger partial charge is 0.240 e. The monoisotopic (exact) mass is 314 g/mol. The summed E-state index contributed by atoms with van der Waals surface area (Å²) in [5.74, 6) is 0. The maximum Gasteiger partial charge on any atom is 0.240 e. The highest BCUT2D eigenvalue weighted by Crippen LogP contribution is 2.18. The fraction of sp³-hybridized carbons (Fsp3) is 0.600. The van der Waals surface area contributed by atoms with Crippen LogP contribution in [0.4, 0.5) is 5.69 Å². The molecule has 0 bridgehead atoms. The van der Waals surface area contributed by atoms with Crippen molar-refractivity contribution >= 4 is 15.7 Å². The minimum Gasteiger partial charge on any atom is -0.395 e. The van der Waals surface area contributed by atoms with Gasteiger partial charge >= 0.3 is 0 Å². The first-order valence-electron chi connectivity index (χ1n) is 7.39. The van der Waals surface area contributed by atoms with Gasteiger partial charge in [-0.3, -0.25) is 0 Å². The van der Waals surface area contributed by atoms with Crippen molar-refractivity contribution in [2.75, 3.05) is 24.6 Å². The van der Waals surface area contributed by atoms with Crippen LogP contribution in [-0.2, 0) is 10.0 Å². The summed E-state index contributed by atoms with van der Waals surface area (Å²) < 4.78 is 26.7. The number of sulfonamides is 1. The SMILES string of the molecule is CCCCN(CCO)c1ccc(S(=O)(=O)NC(C)C)cc1. The van der Waals surface area contributed by atoms with Crippen molar-refractivity contribution in [3.05, 3.63) is 24.3 Å². The van der Waals surface area contributed by atoms with Gasteiger partial charge in [0.15, 0.2) is 0 Å². The molecular formula is C15H26N2O3S. The van der Waals surface area contributed by atoms with Crippen LogP contribution in [0, 0.1) is 0 Å². The summed E-state index contributed by atoms with van der Waals surface area (Å²) in [7, 11) is -3.45. The lowest BCUT2D eigenvalue weighted by Gasteiger charge is -2.24. The summed E-state index contributed by atoms with van der Waals surface area (Å²) in [6.45, 7) is 7.19. The zero-order chi connectivity index (χ0) is 15.9. The Balaban J connectivity index is 2.89. The van der Waals surface area contributed by atoms with Gasteiger partial charge in [-0.1, -0.05) is 13.3 Å². The van der Waals surface area contributed by atoms with E-state index in [2.05, 4.69) is 16.5 Å². The van der Waals surface area contributed by atoms with Crippen molar-refractivity contribution in [2.24, 2.45) is 0 Å². The first kappa shape index (κ1) is 17.9. The number of unbranched alkanes of at least 4 members (excludes halogenated alkanes) is 1. The molecule has 0 aliphatic heterocycles. The summed E-state index contributed by atoms with van der Waals surface area (Å²) in [5.41, 5.74) is 0.931. The summed E-state index contributed by atoms with van der Waals surface area (Å²) >= 11 is 0. The van der Waals surface area contributed by atoms with Crippen molar-refractivity contribution in [1.82, 2.24) is 4.72 Å². The highest BCUT2D eigenvalue weighted by Gasteiger charge is 2.15. The zero-order valence-electron chi connectivity index (χ0n) is 13.0. The van der Waals surface area contributed by atoms with E-state index in [0.29, 0.717) is 6.54 Å². The van der Waals surface area contributed by atoms with Crippen molar-refractivity contribution in [3.8, 4) is 0 Å². The van der Waals surface area contributed by atoms with Gasteiger partial charge in [0.25, 0.3) is 0 Å². The molecule has 0 radical (unpaired) electrons. The Bertz CT molecular complexity index is 512. The molecular weight excluding hydrogens is 288 g/mol. The van der Waals surface area contributed by atoms with E-state index in [-0.39, 0.29) is 17.5 Å². The zero-order valence-corrected chi connectivity index (χ0v) is 13.9. The van der Waals surface area contributed by atoms with Crippen LogP contribution >= 0.6 is 0 Å². The topological polar surface area (TPSA) is 69.6 Å². The normalized spacial score (nSPS) is 11.9. The molecule has 0 unspecified atom stereocenters. The second-order valence-corrected chi connectivity index (χ2v) is 7.05. The summed E-state index contributed by atoms with van der Waals surface area (Å²) in [5, 5.41) is 9.13. The minimum absolute atomic E-state index is 0.0820. The maximum absolute atomic E-state index is 12.1. The fourth-order valence-electron chi connectivity index (χ4n) is 2.05. The molecule has 0 aliphatic carbocycles. The summed E-state index contributed by atoms with van der Waals surface area (Å²) in [4.78, 5) is 2.33. The Morgan fingerprint density at radius 3 is 2.29 bits per heavy atom. The molecule has 0 aromatic heterocycles. The molecule has 0 aliphatic rings. The molecule has 1 rings (SSSR count). The third-order valence-electron chi connectivity index (χ3n) is 3.05. The molecule has 0 atom stereocenters. The van der Waals surface area contributed by atoms with Crippen LogP contribution in [0.15, 0.2) is 29.2 Å². The van der Waals surface area contributed by atoms with Crippen molar-refractivity contribution in [2.45, 2.75) is 44.6 Å². The molecule has 120 valence electrons. The number of nitrogens with one attached hydrogen (secondary N) is 1. The van der Waals surface area contributed by atoms with E-state index in [1.807, 2.05) is 0 Å². The molecule has 0 amide bonds. The van der Waals surface area contributed by atoms with E-state index in [4.69, 9.17) is 5.11 Å². The lowest BCUT2D eigenvalue weighted by atomic mass is 10.2. The van der Waals surface area contributed by atoms with Crippen LogP contribution in [-0.4, -0.2) is 39.3 Å². The van der Waals surface area contributed by atoms with E-state index >= 15 is 0 Å². The van der Waals surface area contributed by atoms with Crippen LogP contribution in [0.2, 0.25) is 0 Å². The Morgan fingerprint density at radius 2 is 1.81 bits per heavy atom. The van der Waals surface area contributed by atoms with E-state index in [1.165, 1.54) is 0 Å². The standard InChI is InChI=1S/C15H26N2O3S/c1-4-5-10-17(11-12-18)14-6-8-15(9-7-14)21(19,20)16-13(2)3/h6-9,13,16,18H,4-5,10-12H2,1-3H3. The molecule has 6 heteroatoms. The van der Waals surface area contributed by atoms with Crippen molar-refractivity contribution < 1.29 is 13.5 Å². The van der Waals surface area contributed by atoms with Gasteiger partial charge in [0.2, 0.25) is 10.0 Å². The Labute approximate surface area is 128 Å². The second kappa shape index (κ2) is 8.36. The predicted octanol–water partition coefficient (Wildman–Crippen LogP) is 1.97. The average Bonchev–Trinajstić information content (AvgIpc) is 2.42. The largest absolute Gasteiger partial charge is 0.395 e. The van der Waals surface area contributed by atoms with Crippen LogP contribution in [0.3, 0.4) is 0 Å². The van der Waals surface area contributed by atoms with Crippen LogP contribution in [0.5, 0.6) is 0 Å². The van der Waals surface area contributed by atoms with Crippen molar-refractivity contribution in [1.29, 1.82) is 0 Å². The van der Waals surface area contributed by atoms with Gasteiger partial charge in [-0.2, -0.15) is 0 Å². The first-order chi connectivity index (χ1) is 9.90. The van der Waals surface area contributed by atoms with Gasteiger partial charge in [0.1, 0.15) is 0 Å². The van der Waals surface area contributed by atoms with Gasteiger partial charge in [-0.15, -0.1) is 0 Å². The van der Waals surface area contributed by atoms with Crippen LogP contribution in [0.1, 0.15) is 33.6 Å². The van der Waals surface area contributed by atoms with Crippen molar-refractivity contribution in [3.63, 3.8) is 0 Å². The molecule has 0 spiro atoms. The third kappa shape index (κ3) is 5.65. The lowest BCUT2D eigenvalue weighted by molar-refractivity contribution is 0.301. The molecule has 1 aromatic carbocycles. The lowest BCUT2D eigenvalue weighted by Crippen LogP contribution is -2.30. The van der Waals surface area contributed by atoms with Crippen LogP contribution in [0.25, 0.3) is 0 Å². The van der Waals surface area contributed by atoms with Gasteiger partial charge in [-0.25, -0.2) is 13.1 Å². The molecule has 2 N–H and O–H groups in total. The van der Waals surface area contributed by atoms with E-state index in [9.17, 15) is 8.42 Å². The number of aliphatic hydroxyl groups is 1. The average molecular weight is 314 g/mol. The molecule has 0 saturated carbocycles. The number of rotatable bonds is 9. The highest BCUT2D eigenvalue weighted by molar-refractivity contribution is 7.89. The Hall–Kier alpha value is -1.11. The van der Waals surface area contributed by atoms with Gasteiger partial charge in [0, 0.05) is 24.8 Å². The molecule has 0 fully saturated rings. The minimum atomic E-state index is -3.45. The molecule has 21 heavy (non-hydrogen) atoms. The number of nitrogens with zero attached hydrogens (tertiary/aromatic N) is 1. The number of anilines is 1. The van der Waals surface area contributed by atoms with Crippen LogP contribution < -0.4 is 9.62 Å². The number of hydrogen-bond acceptors (Lipinski definition) is 4. The van der Waals surface area contributed by atoms with E-state index in [1.54, 1.807) is 38.1 Å². The van der Waals surface area contributed by atoms with Gasteiger partial charge in [-0.05, 0) is 44.5 Å². The Kier molecular flexibility index (Phi) is 7.14. The third-order valence-corrected chi connectivity index (χ3v) is 4.73. The molecule has 5 nitrogen and oxygen atoms in total. The molecule has 1 aromatic rings. The van der Waals surface area contributed by atoms with E-state index < -0.39 is 10.0 Å². The molecule has 0 saturated heterocycles. The maximum atomic E-state index is 12.1. The fourth-order valence-corrected chi connectivity index (χ4v) is 3.31. The molecule has 0 heterocycles. The second-order valence-electron chi connectivity index (χ2n) is 5.33. The van der Waals surface area contributed by atoms with Gasteiger partial charge < -0.3 is 10.0 Å². The Morgan fingerprint density at radius 1 is 1.19 bits per heavy atom. The first-order valence-corrected chi connectivity index (χ1v) is 8.87. The number of benzene rings is 1. The summed E-state index contributed by atoms with van der Waals surface area (Å²) in [6, 6.07) is 6.66.